The van der Waals surface area contributed by atoms with E-state index in [1.807, 2.05) is 30.3 Å². The van der Waals surface area contributed by atoms with Crippen molar-refractivity contribution in [1.29, 1.82) is 0 Å². The predicted molar refractivity (Wildman–Crippen MR) is 186 cm³/mol. The molecule has 2 atom stereocenters. The molecule has 2 aliphatic heterocycles. The molecule has 5 aromatic carbocycles. The molecule has 1 saturated heterocycles. The van der Waals surface area contributed by atoms with Gasteiger partial charge in [0.2, 0.25) is 5.96 Å². The fraction of sp³-hybridized carbons (Fsp3) is 0.111. The summed E-state index contributed by atoms with van der Waals surface area (Å²) in [5, 5.41) is 11.1. The van der Waals surface area contributed by atoms with Gasteiger partial charge in [-0.25, -0.2) is 0 Å². The molecule has 0 spiro atoms. The average molecular weight is 652 g/mol. The normalized spacial score (nSPS) is 18.4. The van der Waals surface area contributed by atoms with E-state index >= 15 is 0 Å². The van der Waals surface area contributed by atoms with E-state index in [2.05, 4.69) is 119 Å². The maximum Gasteiger partial charge on any atom is 0.224 e. The van der Waals surface area contributed by atoms with Gasteiger partial charge >= 0.3 is 0 Å². The minimum Gasteiger partial charge on any atom is -0.323 e. The van der Waals surface area contributed by atoms with Crippen molar-refractivity contribution in [3.63, 3.8) is 0 Å². The van der Waals surface area contributed by atoms with E-state index in [0.29, 0.717) is 16.6 Å². The van der Waals surface area contributed by atoms with Crippen molar-refractivity contribution in [2.24, 2.45) is 10.2 Å². The van der Waals surface area contributed by atoms with E-state index < -0.39 is 4.87 Å². The van der Waals surface area contributed by atoms with Crippen LogP contribution in [0.15, 0.2) is 160 Å². The van der Waals surface area contributed by atoms with Crippen LogP contribution in [0.4, 0.5) is 0 Å². The Morgan fingerprint density at radius 3 is 1.82 bits per heavy atom. The smallest absolute Gasteiger partial charge is 0.224 e. The van der Waals surface area contributed by atoms with E-state index in [9.17, 15) is 0 Å². The van der Waals surface area contributed by atoms with Gasteiger partial charge < -0.3 is 9.80 Å². The van der Waals surface area contributed by atoms with Crippen LogP contribution in [-0.2, 0) is 4.87 Å². The lowest BCUT2D eigenvalue weighted by Crippen LogP contribution is -2.54. The highest BCUT2D eigenvalue weighted by molar-refractivity contribution is 8.01. The molecule has 5 aromatic rings. The number of hydrogen-bond acceptors (Lipinski definition) is 6. The topological polar surface area (TPSA) is 31.2 Å². The molecular weight excluding hydrogens is 623 g/mol. The minimum absolute atomic E-state index is 0.231. The number of hydrogen-bond donors (Lipinski definition) is 0. The lowest BCUT2D eigenvalue weighted by molar-refractivity contribution is 0.375. The Morgan fingerprint density at radius 1 is 0.614 bits per heavy atom. The zero-order valence-electron chi connectivity index (χ0n) is 23.6. The Kier molecular flexibility index (Phi) is 8.41. The molecule has 0 aliphatic carbocycles. The van der Waals surface area contributed by atoms with Gasteiger partial charge in [0.15, 0.2) is 4.87 Å². The molecule has 7 rings (SSSR count). The maximum absolute atomic E-state index is 6.90. The van der Waals surface area contributed by atoms with E-state index in [1.165, 1.54) is 0 Å². The van der Waals surface area contributed by atoms with Crippen LogP contribution in [0.1, 0.15) is 22.1 Å². The van der Waals surface area contributed by atoms with Gasteiger partial charge in [-0.3, -0.25) is 0 Å². The molecule has 2 unspecified atom stereocenters. The fourth-order valence-corrected chi connectivity index (χ4v) is 9.20. The number of benzene rings is 5. The van der Waals surface area contributed by atoms with Gasteiger partial charge in [-0.1, -0.05) is 150 Å². The van der Waals surface area contributed by atoms with Crippen molar-refractivity contribution in [3.05, 3.63) is 166 Å². The van der Waals surface area contributed by atoms with Crippen molar-refractivity contribution in [1.82, 2.24) is 9.80 Å². The number of fused-ring (bicyclic) bond motifs is 1. The summed E-state index contributed by atoms with van der Waals surface area (Å²) in [6.45, 7) is 1.44. The highest BCUT2D eigenvalue weighted by Crippen LogP contribution is 2.52. The highest BCUT2D eigenvalue weighted by Gasteiger charge is 2.53. The third kappa shape index (κ3) is 5.41. The summed E-state index contributed by atoms with van der Waals surface area (Å²) in [6, 6.07) is 47.6. The van der Waals surface area contributed by atoms with Crippen LogP contribution in [0.25, 0.3) is 0 Å². The van der Waals surface area contributed by atoms with Crippen LogP contribution >= 0.6 is 46.7 Å². The lowest BCUT2D eigenvalue weighted by Gasteiger charge is -2.45. The van der Waals surface area contributed by atoms with Gasteiger partial charge in [-0.2, -0.15) is 0 Å². The molecule has 8 heteroatoms. The van der Waals surface area contributed by atoms with Gasteiger partial charge in [0, 0.05) is 44.1 Å². The molecule has 0 aromatic heterocycles. The molecule has 4 nitrogen and oxygen atoms in total. The maximum atomic E-state index is 6.90. The fourth-order valence-electron chi connectivity index (χ4n) is 5.77. The largest absolute Gasteiger partial charge is 0.323 e. The molecule has 0 N–H and O–H groups in total. The van der Waals surface area contributed by atoms with E-state index in [1.54, 1.807) is 23.5 Å². The molecule has 0 saturated carbocycles. The van der Waals surface area contributed by atoms with Crippen LogP contribution in [0.5, 0.6) is 0 Å². The zero-order chi connectivity index (χ0) is 29.9. The minimum atomic E-state index is -0.692. The number of nitrogens with zero attached hydrogens (tertiary/aromatic N) is 4. The summed E-state index contributed by atoms with van der Waals surface area (Å²) in [5.74, 6) is 0.793. The number of guanidine groups is 1. The summed E-state index contributed by atoms with van der Waals surface area (Å²) in [5.41, 5.74) is 3.93. The zero-order valence-corrected chi connectivity index (χ0v) is 26.8. The van der Waals surface area contributed by atoms with E-state index in [0.717, 1.165) is 44.7 Å². The molecule has 218 valence electrons. The van der Waals surface area contributed by atoms with E-state index in [-0.39, 0.29) is 5.37 Å². The molecule has 2 heterocycles. The Morgan fingerprint density at radius 2 is 1.18 bits per heavy atom. The SMILES string of the molecule is Clc1cccc(Cl)c1C(Sc1ccccc1)N1CCN2C1=NN=C(c1ccccc1)C2(Sc1ccccc1)c1ccccc1. The van der Waals surface area contributed by atoms with Crippen LogP contribution in [-0.4, -0.2) is 34.6 Å². The first kappa shape index (κ1) is 29.1. The summed E-state index contributed by atoms with van der Waals surface area (Å²) in [6.07, 6.45) is 0. The van der Waals surface area contributed by atoms with Crippen molar-refractivity contribution in [2.45, 2.75) is 20.0 Å². The van der Waals surface area contributed by atoms with Crippen molar-refractivity contribution in [2.75, 3.05) is 13.1 Å². The van der Waals surface area contributed by atoms with Gasteiger partial charge in [0.05, 0.1) is 0 Å². The Balaban J connectivity index is 1.42. The van der Waals surface area contributed by atoms with Crippen LogP contribution in [0.2, 0.25) is 10.0 Å². The quantitative estimate of drug-likeness (QED) is 0.156. The Bertz CT molecular complexity index is 1780. The van der Waals surface area contributed by atoms with Crippen LogP contribution < -0.4 is 0 Å². The molecule has 44 heavy (non-hydrogen) atoms. The highest BCUT2D eigenvalue weighted by atomic mass is 35.5. The van der Waals surface area contributed by atoms with Gasteiger partial charge in [-0.05, 0) is 42.0 Å². The van der Waals surface area contributed by atoms with Crippen LogP contribution in [0.3, 0.4) is 0 Å². The predicted octanol–water partition coefficient (Wildman–Crippen LogP) is 9.82. The first-order valence-electron chi connectivity index (χ1n) is 14.4. The molecule has 2 aliphatic rings. The lowest BCUT2D eigenvalue weighted by atomic mass is 9.94. The Labute approximate surface area is 276 Å². The van der Waals surface area contributed by atoms with Crippen molar-refractivity contribution in [3.8, 4) is 0 Å². The summed E-state index contributed by atoms with van der Waals surface area (Å²) < 4.78 is 0. The second-order valence-corrected chi connectivity index (χ2v) is 13.6. The van der Waals surface area contributed by atoms with Crippen LogP contribution in [0, 0.1) is 0 Å². The van der Waals surface area contributed by atoms with Crippen molar-refractivity contribution >= 4 is 58.4 Å². The second-order valence-electron chi connectivity index (χ2n) is 10.4. The molecule has 1 fully saturated rings. The Hall–Kier alpha value is -3.68. The number of thioether (sulfide) groups is 2. The second kappa shape index (κ2) is 12.7. The molecule has 0 bridgehead atoms. The third-order valence-corrected chi connectivity index (χ3v) is 11.1. The molecule has 0 amide bonds. The monoisotopic (exact) mass is 650 g/mol. The van der Waals surface area contributed by atoms with E-state index in [4.69, 9.17) is 33.4 Å². The average Bonchev–Trinajstić information content (AvgIpc) is 3.51. The summed E-state index contributed by atoms with van der Waals surface area (Å²) in [7, 11) is 0. The number of halogens is 2. The third-order valence-electron chi connectivity index (χ3n) is 7.75. The standard InChI is InChI=1S/C36H28Cl2N4S2/c37-30-22-13-23-31(38)32(30)34(43-28-18-9-3-10-19-28)41-24-25-42-35(41)40-39-33(26-14-5-1-6-15-26)36(42,27-16-7-2-8-17-27)44-29-20-11-4-12-21-29/h1-23,34H,24-25H2. The molecule has 0 radical (unpaired) electrons. The summed E-state index contributed by atoms with van der Waals surface area (Å²) >= 11 is 17.3. The molecular formula is C36H28Cl2N4S2. The summed E-state index contributed by atoms with van der Waals surface area (Å²) in [4.78, 5) is 6.29. The van der Waals surface area contributed by atoms with Gasteiger partial charge in [0.25, 0.3) is 0 Å². The van der Waals surface area contributed by atoms with Gasteiger partial charge in [-0.15, -0.1) is 10.2 Å². The van der Waals surface area contributed by atoms with Crippen molar-refractivity contribution < 1.29 is 0 Å². The number of rotatable bonds is 8. The van der Waals surface area contributed by atoms with Gasteiger partial charge in [0.1, 0.15) is 11.1 Å². The first-order chi connectivity index (χ1) is 21.6. The first-order valence-corrected chi connectivity index (χ1v) is 16.8.